The third kappa shape index (κ3) is 3.41. The summed E-state index contributed by atoms with van der Waals surface area (Å²) in [4.78, 5) is 4.08. The van der Waals surface area contributed by atoms with Gasteiger partial charge in [0.1, 0.15) is 0 Å². The minimum atomic E-state index is 0.0661. The number of rotatable bonds is 5. The average Bonchev–Trinajstić information content (AvgIpc) is 2.45. The van der Waals surface area contributed by atoms with Crippen molar-refractivity contribution in [1.29, 1.82) is 5.26 Å². The lowest BCUT2D eigenvalue weighted by molar-refractivity contribution is 0.542. The van der Waals surface area contributed by atoms with Gasteiger partial charge in [-0.2, -0.15) is 5.26 Å². The van der Waals surface area contributed by atoms with Crippen LogP contribution in [0.4, 0.5) is 0 Å². The van der Waals surface area contributed by atoms with Gasteiger partial charge in [-0.25, -0.2) is 0 Å². The second-order valence-corrected chi connectivity index (χ2v) is 4.07. The van der Waals surface area contributed by atoms with E-state index in [1.807, 2.05) is 48.7 Å². The van der Waals surface area contributed by atoms with Crippen LogP contribution in [0.25, 0.3) is 0 Å². The Morgan fingerprint density at radius 1 is 1.17 bits per heavy atom. The average molecular weight is 237 g/mol. The summed E-state index contributed by atoms with van der Waals surface area (Å²) < 4.78 is 0. The number of benzene rings is 1. The van der Waals surface area contributed by atoms with Crippen LogP contribution in [-0.2, 0) is 6.54 Å². The van der Waals surface area contributed by atoms with E-state index in [9.17, 15) is 0 Å². The Hall–Kier alpha value is -2.18. The summed E-state index contributed by atoms with van der Waals surface area (Å²) in [6.45, 7) is 0.717. The van der Waals surface area contributed by atoms with Gasteiger partial charge in [0.25, 0.3) is 0 Å². The van der Waals surface area contributed by atoms with Crippen molar-refractivity contribution in [3.8, 4) is 6.07 Å². The van der Waals surface area contributed by atoms with Crippen LogP contribution < -0.4 is 5.32 Å². The molecule has 0 amide bonds. The maximum atomic E-state index is 8.89. The zero-order valence-corrected chi connectivity index (χ0v) is 10.1. The van der Waals surface area contributed by atoms with Crippen LogP contribution in [-0.4, -0.2) is 4.98 Å². The predicted octanol–water partition coefficient (Wildman–Crippen LogP) is 2.83. The van der Waals surface area contributed by atoms with Crippen LogP contribution in [0, 0.1) is 11.3 Å². The first-order valence-corrected chi connectivity index (χ1v) is 5.94. The molecule has 1 heterocycles. The summed E-state index contributed by atoms with van der Waals surface area (Å²) in [5.74, 6) is 0. The molecule has 1 atom stereocenters. The highest BCUT2D eigenvalue weighted by atomic mass is 14.9. The lowest BCUT2D eigenvalue weighted by Crippen LogP contribution is -2.20. The van der Waals surface area contributed by atoms with Gasteiger partial charge >= 0.3 is 0 Å². The molecule has 0 bridgehead atoms. The van der Waals surface area contributed by atoms with Gasteiger partial charge in [-0.05, 0) is 17.2 Å². The number of nitriles is 1. The van der Waals surface area contributed by atoms with Crippen molar-refractivity contribution in [3.63, 3.8) is 0 Å². The summed E-state index contributed by atoms with van der Waals surface area (Å²) in [5, 5.41) is 12.3. The molecular formula is C15H15N3. The molecule has 0 aliphatic carbocycles. The standard InChI is InChI=1S/C15H15N3/c16-9-8-15(14-6-2-1-3-7-14)18-12-13-5-4-10-17-11-13/h1-7,10-11,15,18H,8,12H2. The maximum Gasteiger partial charge on any atom is 0.0641 e. The summed E-state index contributed by atoms with van der Waals surface area (Å²) in [5.41, 5.74) is 2.26. The number of hydrogen-bond acceptors (Lipinski definition) is 3. The van der Waals surface area contributed by atoms with Crippen molar-refractivity contribution >= 4 is 0 Å². The molecule has 3 heteroatoms. The maximum absolute atomic E-state index is 8.89. The van der Waals surface area contributed by atoms with E-state index in [-0.39, 0.29) is 6.04 Å². The van der Waals surface area contributed by atoms with E-state index in [0.717, 1.165) is 17.7 Å². The molecule has 0 aliphatic rings. The Morgan fingerprint density at radius 2 is 2.00 bits per heavy atom. The van der Waals surface area contributed by atoms with E-state index in [2.05, 4.69) is 16.4 Å². The molecule has 1 N–H and O–H groups in total. The number of nitrogens with zero attached hydrogens (tertiary/aromatic N) is 2. The third-order valence-corrected chi connectivity index (χ3v) is 2.77. The predicted molar refractivity (Wildman–Crippen MR) is 70.5 cm³/mol. The van der Waals surface area contributed by atoms with Crippen molar-refractivity contribution in [2.75, 3.05) is 0 Å². The lowest BCUT2D eigenvalue weighted by atomic mass is 10.0. The number of nitrogens with one attached hydrogen (secondary N) is 1. The molecule has 0 saturated heterocycles. The fourth-order valence-corrected chi connectivity index (χ4v) is 1.83. The number of aromatic nitrogens is 1. The summed E-state index contributed by atoms with van der Waals surface area (Å²) in [7, 11) is 0. The van der Waals surface area contributed by atoms with Gasteiger partial charge < -0.3 is 5.32 Å². The number of hydrogen-bond donors (Lipinski definition) is 1. The second-order valence-electron chi connectivity index (χ2n) is 4.07. The second kappa shape index (κ2) is 6.53. The Kier molecular flexibility index (Phi) is 4.46. The molecular weight excluding hydrogens is 222 g/mol. The van der Waals surface area contributed by atoms with E-state index < -0.39 is 0 Å². The minimum absolute atomic E-state index is 0.0661. The Bertz CT molecular complexity index is 502. The first-order valence-electron chi connectivity index (χ1n) is 5.94. The molecule has 1 unspecified atom stereocenters. The van der Waals surface area contributed by atoms with Crippen LogP contribution in [0.1, 0.15) is 23.6 Å². The molecule has 90 valence electrons. The van der Waals surface area contributed by atoms with E-state index in [1.54, 1.807) is 6.20 Å². The zero-order chi connectivity index (χ0) is 12.6. The molecule has 0 radical (unpaired) electrons. The highest BCUT2D eigenvalue weighted by Crippen LogP contribution is 2.16. The first kappa shape index (κ1) is 12.3. The van der Waals surface area contributed by atoms with Crippen LogP contribution in [0.15, 0.2) is 54.9 Å². The third-order valence-electron chi connectivity index (χ3n) is 2.77. The highest BCUT2D eigenvalue weighted by molar-refractivity contribution is 5.20. The van der Waals surface area contributed by atoms with Gasteiger partial charge in [-0.15, -0.1) is 0 Å². The van der Waals surface area contributed by atoms with Gasteiger partial charge in [0.15, 0.2) is 0 Å². The van der Waals surface area contributed by atoms with E-state index >= 15 is 0 Å². The molecule has 2 rings (SSSR count). The molecule has 1 aromatic carbocycles. The van der Waals surface area contributed by atoms with Crippen LogP contribution >= 0.6 is 0 Å². The largest absolute Gasteiger partial charge is 0.305 e. The van der Waals surface area contributed by atoms with Crippen molar-refractivity contribution in [3.05, 3.63) is 66.0 Å². The fraction of sp³-hybridized carbons (Fsp3) is 0.200. The number of pyridine rings is 1. The lowest BCUT2D eigenvalue weighted by Gasteiger charge is -2.16. The Morgan fingerprint density at radius 3 is 2.67 bits per heavy atom. The Labute approximate surface area is 107 Å². The van der Waals surface area contributed by atoms with E-state index in [4.69, 9.17) is 5.26 Å². The van der Waals surface area contributed by atoms with Crippen molar-refractivity contribution in [1.82, 2.24) is 10.3 Å². The smallest absolute Gasteiger partial charge is 0.0641 e. The van der Waals surface area contributed by atoms with Crippen molar-refractivity contribution in [2.24, 2.45) is 0 Å². The molecule has 18 heavy (non-hydrogen) atoms. The molecule has 1 aromatic heterocycles. The SMILES string of the molecule is N#CCC(NCc1cccnc1)c1ccccc1. The van der Waals surface area contributed by atoms with E-state index in [1.165, 1.54) is 0 Å². The minimum Gasteiger partial charge on any atom is -0.305 e. The Balaban J connectivity index is 2.02. The molecule has 0 fully saturated rings. The first-order chi connectivity index (χ1) is 8.90. The fourth-order valence-electron chi connectivity index (χ4n) is 1.83. The van der Waals surface area contributed by atoms with Crippen molar-refractivity contribution in [2.45, 2.75) is 19.0 Å². The summed E-state index contributed by atoms with van der Waals surface area (Å²) in [6, 6.07) is 16.3. The van der Waals surface area contributed by atoms with Crippen molar-refractivity contribution < 1.29 is 0 Å². The summed E-state index contributed by atoms with van der Waals surface area (Å²) in [6.07, 6.45) is 4.05. The van der Waals surface area contributed by atoms with Gasteiger partial charge in [0.05, 0.1) is 12.5 Å². The zero-order valence-electron chi connectivity index (χ0n) is 10.1. The highest BCUT2D eigenvalue weighted by Gasteiger charge is 2.09. The topological polar surface area (TPSA) is 48.7 Å². The van der Waals surface area contributed by atoms with E-state index in [0.29, 0.717) is 6.42 Å². The summed E-state index contributed by atoms with van der Waals surface area (Å²) >= 11 is 0. The van der Waals surface area contributed by atoms with Gasteiger partial charge in [-0.3, -0.25) is 4.98 Å². The molecule has 3 nitrogen and oxygen atoms in total. The molecule has 2 aromatic rings. The van der Waals surface area contributed by atoms with Crippen LogP contribution in [0.3, 0.4) is 0 Å². The van der Waals surface area contributed by atoms with Gasteiger partial charge in [-0.1, -0.05) is 36.4 Å². The van der Waals surface area contributed by atoms with Gasteiger partial charge in [0, 0.05) is 25.0 Å². The van der Waals surface area contributed by atoms with Gasteiger partial charge in [0.2, 0.25) is 0 Å². The molecule has 0 aliphatic heterocycles. The monoisotopic (exact) mass is 237 g/mol. The normalized spacial score (nSPS) is 11.7. The van der Waals surface area contributed by atoms with Crippen LogP contribution in [0.2, 0.25) is 0 Å². The molecule has 0 saturated carbocycles. The van der Waals surface area contributed by atoms with Crippen LogP contribution in [0.5, 0.6) is 0 Å². The quantitative estimate of drug-likeness (QED) is 0.869. The molecule has 0 spiro atoms.